The Morgan fingerprint density at radius 1 is 1.02 bits per heavy atom. The lowest BCUT2D eigenvalue weighted by Crippen LogP contribution is -2.68. The highest BCUT2D eigenvalue weighted by atomic mass is 32.2. The van der Waals surface area contributed by atoms with Gasteiger partial charge in [-0.05, 0) is 96.0 Å². The van der Waals surface area contributed by atoms with E-state index in [1.165, 1.54) is 24.3 Å². The lowest BCUT2D eigenvalue weighted by atomic mass is 9.60. The molecule has 2 heterocycles. The summed E-state index contributed by atoms with van der Waals surface area (Å²) in [6, 6.07) is 11.1. The second-order valence-electron chi connectivity index (χ2n) is 15.7. The summed E-state index contributed by atoms with van der Waals surface area (Å²) >= 11 is 0. The number of carboxylic acids is 1. The van der Waals surface area contributed by atoms with E-state index < -0.39 is 39.2 Å². The van der Waals surface area contributed by atoms with Gasteiger partial charge in [0.1, 0.15) is 12.2 Å². The molecule has 3 fully saturated rings. The molecule has 1 unspecified atom stereocenters. The fourth-order valence-electron chi connectivity index (χ4n) is 7.36. The number of nitrogens with zero attached hydrogens (tertiary/aromatic N) is 3. The molecule has 12 nitrogen and oxygen atoms in total. The van der Waals surface area contributed by atoms with Crippen LogP contribution >= 0.6 is 0 Å². The minimum absolute atomic E-state index is 0.0212. The van der Waals surface area contributed by atoms with Gasteiger partial charge < -0.3 is 24.8 Å². The number of alkyl halides is 3. The minimum atomic E-state index is -4.39. The van der Waals surface area contributed by atoms with Crippen LogP contribution in [0.15, 0.2) is 53.4 Å². The maximum atomic E-state index is 14.2. The van der Waals surface area contributed by atoms with Gasteiger partial charge >= 0.3 is 18.2 Å². The zero-order valence-electron chi connectivity index (χ0n) is 30.2. The van der Waals surface area contributed by atoms with Crippen LogP contribution in [0, 0.1) is 24.7 Å². The molecule has 3 aromatic rings. The first-order valence-electron chi connectivity index (χ1n) is 17.4. The van der Waals surface area contributed by atoms with Crippen molar-refractivity contribution in [2.75, 3.05) is 24.4 Å². The SMILES string of the molecule is Cc1cccc(C)c1-c1cc(OCC(CC2(C(F)(F)F)CC2)NC2CC3(C2)CN(C(=O)OC(C)(C)C)C3)nc(NS(=O)(=O)c2cccc(C(=O)O)c2)n1. The Kier molecular flexibility index (Phi) is 9.94. The number of rotatable bonds is 12. The summed E-state index contributed by atoms with van der Waals surface area (Å²) in [5.74, 6) is -1.73. The standard InChI is InChI=1S/C37H44F3N5O7S/c1-22-8-6-9-23(2)30(22)28-15-29(43-32(42-28)44-53(49,50)27-11-7-10-24(14-27)31(46)47)51-19-26(18-36(12-13-36)37(38,39)40)41-25-16-35(17-25)20-45(21-35)33(48)52-34(3,4)5/h6-11,14-15,25-26,41H,12-13,16-21H2,1-5H3,(H,46,47)(H,42,43,44). The van der Waals surface area contributed by atoms with E-state index in [-0.39, 0.29) is 65.7 Å². The Balaban J connectivity index is 1.22. The van der Waals surface area contributed by atoms with Gasteiger partial charge in [-0.2, -0.15) is 18.2 Å². The number of likely N-dealkylation sites (tertiary alicyclic amines) is 1. The molecule has 2 aliphatic carbocycles. The number of carbonyl (C=O) groups is 2. The zero-order valence-corrected chi connectivity index (χ0v) is 31.0. The lowest BCUT2D eigenvalue weighted by Gasteiger charge is -2.59. The number of nitrogens with one attached hydrogen (secondary N) is 2. The van der Waals surface area contributed by atoms with Gasteiger partial charge in [0.15, 0.2) is 0 Å². The number of carboxylic acid groups (broad SMARTS) is 1. The van der Waals surface area contributed by atoms with Crippen molar-refractivity contribution in [3.8, 4) is 17.1 Å². The number of ether oxygens (including phenoxy) is 2. The van der Waals surface area contributed by atoms with Crippen LogP contribution in [0.4, 0.5) is 23.9 Å². The number of aromatic carboxylic acids is 1. The number of aryl methyl sites for hydroxylation is 2. The van der Waals surface area contributed by atoms with E-state index >= 15 is 0 Å². The molecule has 1 saturated heterocycles. The van der Waals surface area contributed by atoms with Crippen molar-refractivity contribution in [1.82, 2.24) is 20.2 Å². The summed E-state index contributed by atoms with van der Waals surface area (Å²) in [5, 5.41) is 12.8. The quantitative estimate of drug-likeness (QED) is 0.181. The number of halogens is 3. The fraction of sp³-hybridized carbons (Fsp3) is 0.514. The Morgan fingerprint density at radius 2 is 1.66 bits per heavy atom. The number of hydrogen-bond donors (Lipinski definition) is 3. The van der Waals surface area contributed by atoms with E-state index in [0.717, 1.165) is 17.2 Å². The molecule has 0 bridgehead atoms. The molecule has 1 atom stereocenters. The average molecular weight is 760 g/mol. The van der Waals surface area contributed by atoms with Crippen molar-refractivity contribution < 1.29 is 45.8 Å². The molecule has 1 spiro atoms. The highest BCUT2D eigenvalue weighted by Crippen LogP contribution is 2.60. The number of carbonyl (C=O) groups excluding carboxylic acids is 1. The van der Waals surface area contributed by atoms with Crippen molar-refractivity contribution in [3.05, 3.63) is 65.2 Å². The summed E-state index contributed by atoms with van der Waals surface area (Å²) in [6.07, 6.45) is -3.57. The van der Waals surface area contributed by atoms with Crippen LogP contribution in [-0.2, 0) is 14.8 Å². The van der Waals surface area contributed by atoms with Crippen LogP contribution in [0.3, 0.4) is 0 Å². The number of anilines is 1. The summed E-state index contributed by atoms with van der Waals surface area (Å²) in [4.78, 5) is 34.0. The molecule has 2 aromatic carbocycles. The fourth-order valence-corrected chi connectivity index (χ4v) is 8.35. The van der Waals surface area contributed by atoms with E-state index in [1.54, 1.807) is 25.7 Å². The first-order valence-corrected chi connectivity index (χ1v) is 18.9. The third kappa shape index (κ3) is 8.53. The normalized spacial score (nSPS) is 18.5. The van der Waals surface area contributed by atoms with Crippen molar-refractivity contribution in [2.24, 2.45) is 10.8 Å². The van der Waals surface area contributed by atoms with Crippen molar-refractivity contribution in [2.45, 2.75) is 95.5 Å². The minimum Gasteiger partial charge on any atom is -0.478 e. The van der Waals surface area contributed by atoms with Gasteiger partial charge in [0.2, 0.25) is 11.8 Å². The summed E-state index contributed by atoms with van der Waals surface area (Å²) < 4.78 is 83.2. The molecule has 3 aliphatic rings. The van der Waals surface area contributed by atoms with Gasteiger partial charge in [-0.25, -0.2) is 27.7 Å². The van der Waals surface area contributed by atoms with Crippen LogP contribution in [-0.4, -0.2) is 84.0 Å². The van der Waals surface area contributed by atoms with E-state index in [1.807, 2.05) is 32.0 Å². The number of hydrogen-bond acceptors (Lipinski definition) is 9. The molecule has 6 rings (SSSR count). The predicted octanol–water partition coefficient (Wildman–Crippen LogP) is 6.73. The molecule has 0 radical (unpaired) electrons. The third-order valence-corrected chi connectivity index (χ3v) is 11.4. The first kappa shape index (κ1) is 38.3. The molecule has 1 amide bonds. The van der Waals surface area contributed by atoms with Gasteiger partial charge in [0.05, 0.1) is 21.6 Å². The van der Waals surface area contributed by atoms with Crippen molar-refractivity contribution in [1.29, 1.82) is 0 Å². The predicted molar refractivity (Wildman–Crippen MR) is 189 cm³/mol. The molecule has 1 aliphatic heterocycles. The second-order valence-corrected chi connectivity index (χ2v) is 17.4. The zero-order chi connectivity index (χ0) is 38.6. The van der Waals surface area contributed by atoms with Gasteiger partial charge in [0, 0.05) is 42.2 Å². The highest BCUT2D eigenvalue weighted by molar-refractivity contribution is 7.92. The smallest absolute Gasteiger partial charge is 0.410 e. The Labute approximate surface area is 306 Å². The largest absolute Gasteiger partial charge is 0.478 e. The Bertz CT molecular complexity index is 1980. The number of benzene rings is 2. The van der Waals surface area contributed by atoms with Crippen LogP contribution in [0.2, 0.25) is 0 Å². The van der Waals surface area contributed by atoms with Gasteiger partial charge in [-0.15, -0.1) is 0 Å². The highest BCUT2D eigenvalue weighted by Gasteiger charge is 2.64. The number of amides is 1. The summed E-state index contributed by atoms with van der Waals surface area (Å²) in [5.41, 5.74) is -0.0985. The van der Waals surface area contributed by atoms with Crippen LogP contribution in [0.1, 0.15) is 74.4 Å². The molecule has 2 saturated carbocycles. The maximum Gasteiger partial charge on any atom is 0.410 e. The monoisotopic (exact) mass is 759 g/mol. The Hall–Kier alpha value is -4.44. The number of aromatic nitrogens is 2. The molecule has 16 heteroatoms. The van der Waals surface area contributed by atoms with E-state index in [2.05, 4.69) is 20.0 Å². The van der Waals surface area contributed by atoms with E-state index in [9.17, 15) is 36.3 Å². The lowest BCUT2D eigenvalue weighted by molar-refractivity contribution is -0.191. The molecular formula is C37H44F3N5O7S. The molecular weight excluding hydrogens is 715 g/mol. The van der Waals surface area contributed by atoms with E-state index in [4.69, 9.17) is 9.47 Å². The van der Waals surface area contributed by atoms with Crippen LogP contribution in [0.5, 0.6) is 5.88 Å². The topological polar surface area (TPSA) is 160 Å². The number of sulfonamides is 1. The van der Waals surface area contributed by atoms with Crippen molar-refractivity contribution >= 4 is 28.0 Å². The second kappa shape index (κ2) is 13.8. The maximum absolute atomic E-state index is 14.2. The van der Waals surface area contributed by atoms with Gasteiger partial charge in [-0.3, -0.25) is 0 Å². The molecule has 53 heavy (non-hydrogen) atoms. The average Bonchev–Trinajstić information content (AvgIpc) is 3.80. The third-order valence-electron chi connectivity index (χ3n) is 10.1. The Morgan fingerprint density at radius 3 is 2.25 bits per heavy atom. The van der Waals surface area contributed by atoms with Crippen LogP contribution < -0.4 is 14.8 Å². The first-order chi connectivity index (χ1) is 24.7. The molecule has 1 aromatic heterocycles. The van der Waals surface area contributed by atoms with Gasteiger partial charge in [-0.1, -0.05) is 24.3 Å². The molecule has 3 N–H and O–H groups in total. The molecule has 286 valence electrons. The van der Waals surface area contributed by atoms with E-state index in [0.29, 0.717) is 37.2 Å². The summed E-state index contributed by atoms with van der Waals surface area (Å²) in [7, 11) is -4.37. The summed E-state index contributed by atoms with van der Waals surface area (Å²) in [6.45, 7) is 9.97. The van der Waals surface area contributed by atoms with Crippen molar-refractivity contribution in [3.63, 3.8) is 0 Å². The van der Waals surface area contributed by atoms with Crippen LogP contribution in [0.25, 0.3) is 11.3 Å². The van der Waals surface area contributed by atoms with Gasteiger partial charge in [0.25, 0.3) is 10.0 Å².